The molecule has 1 aromatic heterocycles. The fourth-order valence-electron chi connectivity index (χ4n) is 4.48. The molecule has 1 heterocycles. The molecule has 180 valence electrons. The van der Waals surface area contributed by atoms with E-state index in [1.54, 1.807) is 12.1 Å². The molecule has 33 heavy (non-hydrogen) atoms. The van der Waals surface area contributed by atoms with Crippen LogP contribution >= 0.6 is 22.9 Å². The second-order valence-electron chi connectivity index (χ2n) is 11.9. The molecule has 2 aromatic rings. The molecule has 1 amide bonds. The Morgan fingerprint density at radius 1 is 1.18 bits per heavy atom. The average molecular weight is 490 g/mol. The Labute approximate surface area is 207 Å². The summed E-state index contributed by atoms with van der Waals surface area (Å²) in [6.45, 7) is 16.8. The fourth-order valence-corrected chi connectivity index (χ4v) is 6.15. The number of carbonyl (C=O) groups is 2. The van der Waals surface area contributed by atoms with Crippen LogP contribution in [0.1, 0.15) is 104 Å². The number of rotatable bonds is 4. The molecule has 0 saturated carbocycles. The van der Waals surface area contributed by atoms with Gasteiger partial charge in [-0.25, -0.2) is 4.79 Å². The molecule has 6 heteroatoms. The molecule has 1 unspecified atom stereocenters. The number of thiophene rings is 1. The van der Waals surface area contributed by atoms with Gasteiger partial charge in [-0.2, -0.15) is 0 Å². The predicted octanol–water partition coefficient (Wildman–Crippen LogP) is 7.80. The number of carbonyl (C=O) groups excluding carboxylic acids is 2. The van der Waals surface area contributed by atoms with Crippen LogP contribution in [0.15, 0.2) is 24.3 Å². The van der Waals surface area contributed by atoms with Crippen LogP contribution in [-0.2, 0) is 17.0 Å². The van der Waals surface area contributed by atoms with E-state index in [-0.39, 0.29) is 28.6 Å². The van der Waals surface area contributed by atoms with Gasteiger partial charge in [0.2, 0.25) is 0 Å². The van der Waals surface area contributed by atoms with Gasteiger partial charge in [-0.3, -0.25) is 4.79 Å². The van der Waals surface area contributed by atoms with Gasteiger partial charge in [-0.15, -0.1) is 22.9 Å². The quantitative estimate of drug-likeness (QED) is 0.352. The minimum Gasteiger partial charge on any atom is -0.456 e. The van der Waals surface area contributed by atoms with Crippen molar-refractivity contribution in [1.82, 2.24) is 0 Å². The third-order valence-electron chi connectivity index (χ3n) is 5.99. The van der Waals surface area contributed by atoms with Crippen LogP contribution in [0.3, 0.4) is 0 Å². The van der Waals surface area contributed by atoms with Crippen LogP contribution in [-0.4, -0.2) is 17.5 Å². The lowest BCUT2D eigenvalue weighted by Crippen LogP contribution is -2.33. The molecule has 0 bridgehead atoms. The summed E-state index contributed by atoms with van der Waals surface area (Å²) in [6, 6.07) is 7.24. The average Bonchev–Trinajstić information content (AvgIpc) is 3.01. The van der Waals surface area contributed by atoms with Crippen molar-refractivity contribution in [3.63, 3.8) is 0 Å². The van der Waals surface area contributed by atoms with E-state index < -0.39 is 5.60 Å². The maximum Gasteiger partial charge on any atom is 0.341 e. The van der Waals surface area contributed by atoms with E-state index in [0.717, 1.165) is 28.8 Å². The van der Waals surface area contributed by atoms with Gasteiger partial charge >= 0.3 is 5.97 Å². The number of hydrogen-bond donors (Lipinski definition) is 1. The zero-order valence-electron chi connectivity index (χ0n) is 21.0. The van der Waals surface area contributed by atoms with E-state index in [4.69, 9.17) is 16.3 Å². The summed E-state index contributed by atoms with van der Waals surface area (Å²) in [4.78, 5) is 27.8. The van der Waals surface area contributed by atoms with E-state index in [0.29, 0.717) is 22.0 Å². The normalized spacial score (nSPS) is 17.9. The lowest BCUT2D eigenvalue weighted by atomic mass is 9.63. The highest BCUT2D eigenvalue weighted by atomic mass is 35.5. The summed E-state index contributed by atoms with van der Waals surface area (Å²) >= 11 is 7.47. The van der Waals surface area contributed by atoms with Gasteiger partial charge in [0.15, 0.2) is 0 Å². The first kappa shape index (κ1) is 25.8. The molecule has 0 aliphatic heterocycles. The van der Waals surface area contributed by atoms with Crippen molar-refractivity contribution in [2.45, 2.75) is 85.6 Å². The first-order chi connectivity index (χ1) is 15.1. The molecule has 1 aliphatic rings. The van der Waals surface area contributed by atoms with Gasteiger partial charge in [-0.1, -0.05) is 46.8 Å². The standard InChI is InChI=1S/C27H36ClNO3S/c1-25(2,3)18-13-27(7,8)14-19-20(18)21(24(31)32-26(4,5)6)23(33-19)29-22(30)17-11-9-10-16(12-17)15-28/h9-12,18H,13-15H2,1-8H3,(H,29,30). The monoisotopic (exact) mass is 489 g/mol. The zero-order chi connectivity index (χ0) is 24.8. The lowest BCUT2D eigenvalue weighted by Gasteiger charge is -2.42. The Balaban J connectivity index is 2.12. The summed E-state index contributed by atoms with van der Waals surface area (Å²) < 4.78 is 5.82. The highest BCUT2D eigenvalue weighted by Crippen LogP contribution is 2.55. The molecule has 0 fully saturated rings. The van der Waals surface area contributed by atoms with E-state index >= 15 is 0 Å². The molecular formula is C27H36ClNO3S. The fraction of sp³-hybridized carbons (Fsp3) is 0.556. The predicted molar refractivity (Wildman–Crippen MR) is 138 cm³/mol. The van der Waals surface area contributed by atoms with E-state index in [2.05, 4.69) is 39.9 Å². The summed E-state index contributed by atoms with van der Waals surface area (Å²) in [5, 5.41) is 3.61. The second-order valence-corrected chi connectivity index (χ2v) is 13.3. The second kappa shape index (κ2) is 9.07. The van der Waals surface area contributed by atoms with Crippen molar-refractivity contribution in [1.29, 1.82) is 0 Å². The number of hydrogen-bond acceptors (Lipinski definition) is 4. The van der Waals surface area contributed by atoms with Gasteiger partial charge in [-0.05, 0) is 73.6 Å². The molecule has 1 N–H and O–H groups in total. The molecule has 3 rings (SSSR count). The Bertz CT molecular complexity index is 1060. The molecule has 4 nitrogen and oxygen atoms in total. The lowest BCUT2D eigenvalue weighted by molar-refractivity contribution is 0.00675. The maximum absolute atomic E-state index is 13.5. The van der Waals surface area contributed by atoms with Crippen molar-refractivity contribution in [3.05, 3.63) is 51.4 Å². The smallest absolute Gasteiger partial charge is 0.341 e. The molecule has 0 spiro atoms. The number of amides is 1. The summed E-state index contributed by atoms with van der Waals surface area (Å²) in [7, 11) is 0. The van der Waals surface area contributed by atoms with Crippen LogP contribution in [0, 0.1) is 10.8 Å². The number of anilines is 1. The summed E-state index contributed by atoms with van der Waals surface area (Å²) in [5.74, 6) is -0.115. The van der Waals surface area contributed by atoms with Crippen molar-refractivity contribution >= 4 is 39.8 Å². The number of fused-ring (bicyclic) bond motifs is 1. The number of esters is 1. The highest BCUT2D eigenvalue weighted by molar-refractivity contribution is 7.17. The van der Waals surface area contributed by atoms with Gasteiger partial charge < -0.3 is 10.1 Å². The third-order valence-corrected chi connectivity index (χ3v) is 7.41. The van der Waals surface area contributed by atoms with Crippen LogP contribution in [0.2, 0.25) is 0 Å². The minimum absolute atomic E-state index is 0.0414. The van der Waals surface area contributed by atoms with E-state index in [1.165, 1.54) is 11.3 Å². The van der Waals surface area contributed by atoms with Gasteiger partial charge in [0, 0.05) is 16.3 Å². The highest BCUT2D eigenvalue weighted by Gasteiger charge is 2.43. The Morgan fingerprint density at radius 3 is 2.42 bits per heavy atom. The van der Waals surface area contributed by atoms with Crippen LogP contribution < -0.4 is 5.32 Å². The largest absolute Gasteiger partial charge is 0.456 e. The molecule has 0 radical (unpaired) electrons. The van der Waals surface area contributed by atoms with Crippen molar-refractivity contribution in [2.75, 3.05) is 5.32 Å². The number of nitrogens with one attached hydrogen (secondary N) is 1. The molecule has 1 atom stereocenters. The Kier molecular flexibility index (Phi) is 7.08. The van der Waals surface area contributed by atoms with Gasteiger partial charge in [0.25, 0.3) is 5.91 Å². The first-order valence-corrected chi connectivity index (χ1v) is 12.8. The van der Waals surface area contributed by atoms with E-state index in [1.807, 2.05) is 32.9 Å². The van der Waals surface area contributed by atoms with Crippen molar-refractivity contribution in [3.8, 4) is 0 Å². The van der Waals surface area contributed by atoms with Crippen molar-refractivity contribution in [2.24, 2.45) is 10.8 Å². The maximum atomic E-state index is 13.5. The molecule has 1 aliphatic carbocycles. The molecule has 0 saturated heterocycles. The van der Waals surface area contributed by atoms with Gasteiger partial charge in [0.1, 0.15) is 10.6 Å². The Morgan fingerprint density at radius 2 is 1.85 bits per heavy atom. The number of ether oxygens (including phenoxy) is 1. The number of benzene rings is 1. The minimum atomic E-state index is -0.632. The van der Waals surface area contributed by atoms with E-state index in [9.17, 15) is 9.59 Å². The molecular weight excluding hydrogens is 454 g/mol. The van der Waals surface area contributed by atoms with Crippen LogP contribution in [0.4, 0.5) is 5.00 Å². The van der Waals surface area contributed by atoms with Crippen LogP contribution in [0.5, 0.6) is 0 Å². The first-order valence-electron chi connectivity index (χ1n) is 11.5. The SMILES string of the molecule is CC1(C)Cc2sc(NC(=O)c3cccc(CCl)c3)c(C(=O)OC(C)(C)C)c2C(C(C)(C)C)C1. The summed E-state index contributed by atoms with van der Waals surface area (Å²) in [6.07, 6.45) is 1.84. The van der Waals surface area contributed by atoms with Crippen LogP contribution in [0.25, 0.3) is 0 Å². The van der Waals surface area contributed by atoms with Gasteiger partial charge in [0.05, 0.1) is 5.56 Å². The Hall–Kier alpha value is -1.85. The summed E-state index contributed by atoms with van der Waals surface area (Å²) in [5.41, 5.74) is 2.39. The zero-order valence-corrected chi connectivity index (χ0v) is 22.6. The molecule has 1 aromatic carbocycles. The number of halogens is 1. The van der Waals surface area contributed by atoms with Crippen molar-refractivity contribution < 1.29 is 14.3 Å². The third kappa shape index (κ3) is 5.99. The topological polar surface area (TPSA) is 55.4 Å². The number of alkyl halides is 1.